The minimum Gasteiger partial charge on any atom is -0.334 e. The molecule has 0 saturated carbocycles. The van der Waals surface area contributed by atoms with Crippen LogP contribution >= 0.6 is 11.6 Å². The van der Waals surface area contributed by atoms with Crippen LogP contribution < -0.4 is 5.32 Å². The summed E-state index contributed by atoms with van der Waals surface area (Å²) in [6.45, 7) is 0. The van der Waals surface area contributed by atoms with Crippen LogP contribution in [-0.2, 0) is 0 Å². The predicted octanol–water partition coefficient (Wildman–Crippen LogP) is 4.45. The molecule has 0 aliphatic heterocycles. The van der Waals surface area contributed by atoms with E-state index in [0.717, 1.165) is 17.3 Å². The van der Waals surface area contributed by atoms with Crippen molar-refractivity contribution in [2.45, 2.75) is 0 Å². The molecule has 1 aromatic heterocycles. The van der Waals surface area contributed by atoms with Crippen LogP contribution in [0.4, 0.5) is 17.2 Å². The van der Waals surface area contributed by atoms with Crippen molar-refractivity contribution < 1.29 is 4.92 Å². The van der Waals surface area contributed by atoms with Crippen LogP contribution in [0.3, 0.4) is 0 Å². The fourth-order valence-corrected chi connectivity index (χ4v) is 2.23. The van der Waals surface area contributed by atoms with Crippen LogP contribution in [0.25, 0.3) is 11.1 Å². The van der Waals surface area contributed by atoms with Crippen molar-refractivity contribution in [2.75, 3.05) is 5.32 Å². The molecule has 3 aromatic rings. The maximum absolute atomic E-state index is 11.0. The highest BCUT2D eigenvalue weighted by molar-refractivity contribution is 6.28. The molecule has 114 valence electrons. The van der Waals surface area contributed by atoms with Gasteiger partial charge in [0.2, 0.25) is 11.1 Å². The summed E-state index contributed by atoms with van der Waals surface area (Å²) in [6, 6.07) is 17.4. The lowest BCUT2D eigenvalue weighted by Gasteiger charge is -2.07. The third kappa shape index (κ3) is 3.44. The second kappa shape index (κ2) is 6.41. The monoisotopic (exact) mass is 326 g/mol. The summed E-state index contributed by atoms with van der Waals surface area (Å²) in [5.41, 5.74) is 2.57. The van der Waals surface area contributed by atoms with Gasteiger partial charge in [0, 0.05) is 5.69 Å². The summed E-state index contributed by atoms with van der Waals surface area (Å²) in [4.78, 5) is 17.9. The highest BCUT2D eigenvalue weighted by atomic mass is 35.5. The van der Waals surface area contributed by atoms with Gasteiger partial charge in [-0.2, -0.15) is 4.98 Å². The van der Waals surface area contributed by atoms with Gasteiger partial charge in [-0.05, 0) is 34.9 Å². The van der Waals surface area contributed by atoms with E-state index in [9.17, 15) is 10.1 Å². The zero-order valence-corrected chi connectivity index (χ0v) is 12.6. The van der Waals surface area contributed by atoms with E-state index in [1.165, 1.54) is 0 Å². The molecule has 0 saturated heterocycles. The molecule has 23 heavy (non-hydrogen) atoms. The van der Waals surface area contributed by atoms with E-state index in [2.05, 4.69) is 15.3 Å². The Labute approximate surface area is 136 Å². The third-order valence-corrected chi connectivity index (χ3v) is 3.37. The minimum atomic E-state index is -0.559. The lowest BCUT2D eigenvalue weighted by molar-refractivity contribution is -0.384. The van der Waals surface area contributed by atoms with Gasteiger partial charge in [0.05, 0.1) is 4.92 Å². The maximum atomic E-state index is 11.0. The number of halogens is 1. The molecule has 1 heterocycles. The van der Waals surface area contributed by atoms with Crippen molar-refractivity contribution in [3.63, 3.8) is 0 Å². The lowest BCUT2D eigenvalue weighted by Crippen LogP contribution is -2.01. The maximum Gasteiger partial charge on any atom is 0.329 e. The Morgan fingerprint density at radius 2 is 1.65 bits per heavy atom. The van der Waals surface area contributed by atoms with Gasteiger partial charge in [0.25, 0.3) is 0 Å². The van der Waals surface area contributed by atoms with E-state index >= 15 is 0 Å². The fraction of sp³-hybridized carbons (Fsp3) is 0. The normalized spacial score (nSPS) is 10.3. The molecule has 3 rings (SSSR count). The van der Waals surface area contributed by atoms with Gasteiger partial charge in [-0.25, -0.2) is 4.98 Å². The predicted molar refractivity (Wildman–Crippen MR) is 88.9 cm³/mol. The second-order valence-electron chi connectivity index (χ2n) is 4.70. The van der Waals surface area contributed by atoms with Gasteiger partial charge in [0.15, 0.2) is 0 Å². The van der Waals surface area contributed by atoms with E-state index in [0.29, 0.717) is 5.69 Å². The number of hydrogen-bond donors (Lipinski definition) is 1. The molecule has 0 unspecified atom stereocenters. The Morgan fingerprint density at radius 3 is 2.30 bits per heavy atom. The quantitative estimate of drug-likeness (QED) is 0.435. The molecular formula is C16H11ClN4O2. The van der Waals surface area contributed by atoms with Crippen molar-refractivity contribution in [2.24, 2.45) is 0 Å². The number of nitro groups is 1. The molecule has 0 aliphatic rings. The summed E-state index contributed by atoms with van der Waals surface area (Å²) in [5.74, 6) is 0.0578. The van der Waals surface area contributed by atoms with Crippen LogP contribution in [-0.4, -0.2) is 14.9 Å². The summed E-state index contributed by atoms with van der Waals surface area (Å²) in [5, 5.41) is 13.8. The molecule has 7 heteroatoms. The van der Waals surface area contributed by atoms with Crippen LogP contribution in [0.15, 0.2) is 60.8 Å². The first-order valence-electron chi connectivity index (χ1n) is 6.73. The number of benzene rings is 2. The number of aromatic nitrogens is 2. The highest BCUT2D eigenvalue weighted by Crippen LogP contribution is 2.27. The average molecular weight is 327 g/mol. The van der Waals surface area contributed by atoms with Gasteiger partial charge < -0.3 is 5.32 Å². The molecule has 0 bridgehead atoms. The van der Waals surface area contributed by atoms with Crippen molar-refractivity contribution in [3.05, 3.63) is 76.2 Å². The smallest absolute Gasteiger partial charge is 0.329 e. The fourth-order valence-electron chi connectivity index (χ4n) is 2.09. The number of nitrogens with one attached hydrogen (secondary N) is 1. The first-order chi connectivity index (χ1) is 11.1. The van der Waals surface area contributed by atoms with Gasteiger partial charge >= 0.3 is 5.69 Å². The topological polar surface area (TPSA) is 81.0 Å². The van der Waals surface area contributed by atoms with Crippen molar-refractivity contribution >= 4 is 28.8 Å². The van der Waals surface area contributed by atoms with Gasteiger partial charge in [-0.15, -0.1) is 0 Å². The summed E-state index contributed by atoms with van der Waals surface area (Å²) in [6.07, 6.45) is 1.08. The zero-order chi connectivity index (χ0) is 16.2. The molecule has 0 fully saturated rings. The van der Waals surface area contributed by atoms with Crippen molar-refractivity contribution in [1.29, 1.82) is 0 Å². The Balaban J connectivity index is 1.87. The summed E-state index contributed by atoms with van der Waals surface area (Å²) < 4.78 is 0. The standard InChI is InChI=1S/C16H11ClN4O2/c17-16-18-10-14(21(22)23)15(20-16)19-13-8-6-12(7-9-13)11-4-2-1-3-5-11/h1-10H,(H,18,19,20). The molecule has 6 nitrogen and oxygen atoms in total. The number of rotatable bonds is 4. The highest BCUT2D eigenvalue weighted by Gasteiger charge is 2.17. The molecule has 0 aliphatic carbocycles. The van der Waals surface area contributed by atoms with Gasteiger partial charge in [-0.1, -0.05) is 42.5 Å². The lowest BCUT2D eigenvalue weighted by atomic mass is 10.1. The molecule has 0 amide bonds. The molecule has 1 N–H and O–H groups in total. The van der Waals surface area contributed by atoms with Crippen LogP contribution in [0.1, 0.15) is 0 Å². The summed E-state index contributed by atoms with van der Waals surface area (Å²) >= 11 is 5.71. The first kappa shape index (κ1) is 14.9. The Morgan fingerprint density at radius 1 is 1.00 bits per heavy atom. The molecular weight excluding hydrogens is 316 g/mol. The number of anilines is 2. The van der Waals surface area contributed by atoms with Crippen LogP contribution in [0.2, 0.25) is 5.28 Å². The Bertz CT molecular complexity index is 838. The average Bonchev–Trinajstić information content (AvgIpc) is 2.56. The Hall–Kier alpha value is -2.99. The number of hydrogen-bond acceptors (Lipinski definition) is 5. The SMILES string of the molecule is O=[N+]([O-])c1cnc(Cl)nc1Nc1ccc(-c2ccccc2)cc1. The zero-order valence-electron chi connectivity index (χ0n) is 11.8. The van der Waals surface area contributed by atoms with E-state index < -0.39 is 4.92 Å². The largest absolute Gasteiger partial charge is 0.334 e. The van der Waals surface area contributed by atoms with E-state index in [1.54, 1.807) is 0 Å². The number of nitrogens with zero attached hydrogens (tertiary/aromatic N) is 3. The first-order valence-corrected chi connectivity index (χ1v) is 7.11. The van der Waals surface area contributed by atoms with E-state index in [4.69, 9.17) is 11.6 Å². The second-order valence-corrected chi connectivity index (χ2v) is 5.04. The molecule has 0 radical (unpaired) electrons. The van der Waals surface area contributed by atoms with Gasteiger partial charge in [0.1, 0.15) is 6.20 Å². The van der Waals surface area contributed by atoms with Crippen LogP contribution in [0.5, 0.6) is 0 Å². The van der Waals surface area contributed by atoms with Crippen molar-refractivity contribution in [3.8, 4) is 11.1 Å². The minimum absolute atomic E-state index is 0.0565. The summed E-state index contributed by atoms with van der Waals surface area (Å²) in [7, 11) is 0. The van der Waals surface area contributed by atoms with Gasteiger partial charge in [-0.3, -0.25) is 10.1 Å². The van der Waals surface area contributed by atoms with Crippen LogP contribution in [0, 0.1) is 10.1 Å². The third-order valence-electron chi connectivity index (χ3n) is 3.19. The molecule has 2 aromatic carbocycles. The van der Waals surface area contributed by atoms with Crippen molar-refractivity contribution in [1.82, 2.24) is 9.97 Å². The van der Waals surface area contributed by atoms with E-state index in [1.807, 2.05) is 54.6 Å². The molecule has 0 spiro atoms. The van der Waals surface area contributed by atoms with E-state index in [-0.39, 0.29) is 16.8 Å². The molecule has 0 atom stereocenters. The Kier molecular flexibility index (Phi) is 4.16.